The van der Waals surface area contributed by atoms with Crippen LogP contribution in [0.4, 0.5) is 0 Å². The topological polar surface area (TPSA) is 37.8 Å². The molecule has 1 aliphatic carbocycles. The Kier molecular flexibility index (Phi) is 4.29. The predicted octanol–water partition coefficient (Wildman–Crippen LogP) is 2.74. The summed E-state index contributed by atoms with van der Waals surface area (Å²) in [6.45, 7) is 5.55. The van der Waals surface area contributed by atoms with E-state index in [-0.39, 0.29) is 0 Å². The number of aryl methyl sites for hydroxylation is 1. The van der Waals surface area contributed by atoms with E-state index < -0.39 is 0 Å². The van der Waals surface area contributed by atoms with Crippen molar-refractivity contribution < 1.29 is 0 Å². The lowest BCUT2D eigenvalue weighted by Gasteiger charge is -2.01. The van der Waals surface area contributed by atoms with E-state index in [0.29, 0.717) is 5.92 Å². The van der Waals surface area contributed by atoms with Gasteiger partial charge in [-0.05, 0) is 32.2 Å². The summed E-state index contributed by atoms with van der Waals surface area (Å²) in [6, 6.07) is 0.824. The highest BCUT2D eigenvalue weighted by atomic mass is 32.1. The first-order valence-electron chi connectivity index (χ1n) is 6.35. The summed E-state index contributed by atoms with van der Waals surface area (Å²) in [7, 11) is 0. The lowest BCUT2D eigenvalue weighted by Crippen LogP contribution is -2.17. The molecule has 1 unspecified atom stereocenters. The SMILES string of the molecule is CCC(C)c1nnc(CCCNC2CC2)s1. The summed E-state index contributed by atoms with van der Waals surface area (Å²) in [4.78, 5) is 0. The summed E-state index contributed by atoms with van der Waals surface area (Å²) >= 11 is 1.79. The van der Waals surface area contributed by atoms with Crippen LogP contribution in [0.3, 0.4) is 0 Å². The van der Waals surface area contributed by atoms with Crippen molar-refractivity contribution in [2.75, 3.05) is 6.54 Å². The van der Waals surface area contributed by atoms with Gasteiger partial charge in [0.25, 0.3) is 0 Å². The molecule has 1 fully saturated rings. The second kappa shape index (κ2) is 5.73. The molecule has 1 heterocycles. The molecule has 0 aliphatic heterocycles. The van der Waals surface area contributed by atoms with Crippen LogP contribution in [0.5, 0.6) is 0 Å². The molecule has 0 bridgehead atoms. The molecule has 4 heteroatoms. The molecule has 1 saturated carbocycles. The summed E-state index contributed by atoms with van der Waals surface area (Å²) in [5.41, 5.74) is 0. The Labute approximate surface area is 102 Å². The number of hydrogen-bond donors (Lipinski definition) is 1. The highest BCUT2D eigenvalue weighted by molar-refractivity contribution is 7.11. The van der Waals surface area contributed by atoms with Gasteiger partial charge in [-0.1, -0.05) is 13.8 Å². The van der Waals surface area contributed by atoms with Gasteiger partial charge in [-0.15, -0.1) is 21.5 Å². The largest absolute Gasteiger partial charge is 0.314 e. The van der Waals surface area contributed by atoms with E-state index in [0.717, 1.165) is 25.4 Å². The molecular formula is C12H21N3S. The van der Waals surface area contributed by atoms with E-state index in [4.69, 9.17) is 0 Å². The van der Waals surface area contributed by atoms with Crippen molar-refractivity contribution in [1.29, 1.82) is 0 Å². The molecule has 0 spiro atoms. The normalized spacial score (nSPS) is 17.6. The van der Waals surface area contributed by atoms with E-state index in [1.165, 1.54) is 29.3 Å². The van der Waals surface area contributed by atoms with E-state index in [1.807, 2.05) is 0 Å². The first-order chi connectivity index (χ1) is 7.79. The average molecular weight is 239 g/mol. The fourth-order valence-corrected chi connectivity index (χ4v) is 2.59. The molecule has 90 valence electrons. The first-order valence-corrected chi connectivity index (χ1v) is 7.17. The van der Waals surface area contributed by atoms with Gasteiger partial charge in [0.05, 0.1) is 0 Å². The Bertz CT molecular complexity index is 320. The van der Waals surface area contributed by atoms with Crippen LogP contribution in [0.15, 0.2) is 0 Å². The zero-order valence-electron chi connectivity index (χ0n) is 10.2. The van der Waals surface area contributed by atoms with Crippen LogP contribution in [-0.2, 0) is 6.42 Å². The Morgan fingerprint density at radius 3 is 2.94 bits per heavy atom. The maximum absolute atomic E-state index is 4.26. The fraction of sp³-hybridized carbons (Fsp3) is 0.833. The van der Waals surface area contributed by atoms with Crippen molar-refractivity contribution in [3.05, 3.63) is 10.0 Å². The van der Waals surface area contributed by atoms with Crippen LogP contribution in [0.25, 0.3) is 0 Å². The van der Waals surface area contributed by atoms with Crippen LogP contribution in [-0.4, -0.2) is 22.8 Å². The molecule has 1 aliphatic rings. The molecule has 3 nitrogen and oxygen atoms in total. The maximum atomic E-state index is 4.26. The van der Waals surface area contributed by atoms with Crippen LogP contribution in [0.2, 0.25) is 0 Å². The fourth-order valence-electron chi connectivity index (χ4n) is 1.57. The molecule has 0 aromatic carbocycles. The van der Waals surface area contributed by atoms with Gasteiger partial charge in [0, 0.05) is 18.4 Å². The molecule has 0 saturated heterocycles. The monoisotopic (exact) mass is 239 g/mol. The van der Waals surface area contributed by atoms with Gasteiger partial charge in [-0.2, -0.15) is 0 Å². The van der Waals surface area contributed by atoms with Gasteiger partial charge < -0.3 is 5.32 Å². The summed E-state index contributed by atoms with van der Waals surface area (Å²) in [5, 5.41) is 14.4. The zero-order chi connectivity index (χ0) is 11.4. The number of nitrogens with one attached hydrogen (secondary N) is 1. The third-order valence-electron chi connectivity index (χ3n) is 3.09. The lowest BCUT2D eigenvalue weighted by atomic mass is 10.1. The van der Waals surface area contributed by atoms with Crippen LogP contribution in [0, 0.1) is 0 Å². The van der Waals surface area contributed by atoms with Gasteiger partial charge in [-0.3, -0.25) is 0 Å². The Hall–Kier alpha value is -0.480. The van der Waals surface area contributed by atoms with Crippen molar-refractivity contribution in [2.45, 2.75) is 57.9 Å². The van der Waals surface area contributed by atoms with Gasteiger partial charge in [0.2, 0.25) is 0 Å². The highest BCUT2D eigenvalue weighted by Gasteiger charge is 2.19. The molecule has 16 heavy (non-hydrogen) atoms. The molecule has 2 rings (SSSR count). The van der Waals surface area contributed by atoms with Crippen LogP contribution in [0.1, 0.15) is 55.5 Å². The molecule has 0 radical (unpaired) electrons. The van der Waals surface area contributed by atoms with E-state index in [2.05, 4.69) is 29.4 Å². The Balaban J connectivity index is 1.69. The third-order valence-corrected chi connectivity index (χ3v) is 4.31. The number of aromatic nitrogens is 2. The van der Waals surface area contributed by atoms with Crippen LogP contribution < -0.4 is 5.32 Å². The Morgan fingerprint density at radius 1 is 1.44 bits per heavy atom. The number of hydrogen-bond acceptors (Lipinski definition) is 4. The van der Waals surface area contributed by atoms with Crippen LogP contribution >= 0.6 is 11.3 Å². The zero-order valence-corrected chi connectivity index (χ0v) is 11.0. The van der Waals surface area contributed by atoms with Gasteiger partial charge in [0.15, 0.2) is 0 Å². The lowest BCUT2D eigenvalue weighted by molar-refractivity contribution is 0.642. The second-order valence-electron chi connectivity index (χ2n) is 4.68. The van der Waals surface area contributed by atoms with E-state index >= 15 is 0 Å². The number of nitrogens with zero attached hydrogens (tertiary/aromatic N) is 2. The molecule has 1 atom stereocenters. The van der Waals surface area contributed by atoms with Gasteiger partial charge >= 0.3 is 0 Å². The van der Waals surface area contributed by atoms with Crippen molar-refractivity contribution in [2.24, 2.45) is 0 Å². The van der Waals surface area contributed by atoms with E-state index in [9.17, 15) is 0 Å². The van der Waals surface area contributed by atoms with Crippen molar-refractivity contribution in [3.8, 4) is 0 Å². The van der Waals surface area contributed by atoms with E-state index in [1.54, 1.807) is 11.3 Å². The molecular weight excluding hydrogens is 218 g/mol. The van der Waals surface area contributed by atoms with Crippen molar-refractivity contribution in [1.82, 2.24) is 15.5 Å². The minimum absolute atomic E-state index is 0.566. The minimum atomic E-state index is 0.566. The maximum Gasteiger partial charge on any atom is 0.120 e. The Morgan fingerprint density at radius 2 is 2.25 bits per heavy atom. The number of rotatable bonds is 7. The molecule has 1 N–H and O–H groups in total. The smallest absolute Gasteiger partial charge is 0.120 e. The third kappa shape index (κ3) is 3.52. The minimum Gasteiger partial charge on any atom is -0.314 e. The van der Waals surface area contributed by atoms with Gasteiger partial charge in [0.1, 0.15) is 10.0 Å². The quantitative estimate of drug-likeness (QED) is 0.743. The summed E-state index contributed by atoms with van der Waals surface area (Å²) in [6.07, 6.45) is 6.16. The van der Waals surface area contributed by atoms with Crippen molar-refractivity contribution >= 4 is 11.3 Å². The predicted molar refractivity (Wildman–Crippen MR) is 68.0 cm³/mol. The standard InChI is InChI=1S/C12H21N3S/c1-3-9(2)12-15-14-11(16-12)5-4-8-13-10-6-7-10/h9-10,13H,3-8H2,1-2H3. The highest BCUT2D eigenvalue weighted by Crippen LogP contribution is 2.23. The second-order valence-corrected chi connectivity index (χ2v) is 5.77. The molecule has 1 aromatic heterocycles. The first kappa shape index (κ1) is 12.0. The van der Waals surface area contributed by atoms with Crippen molar-refractivity contribution in [3.63, 3.8) is 0 Å². The van der Waals surface area contributed by atoms with Gasteiger partial charge in [-0.25, -0.2) is 0 Å². The molecule has 0 amide bonds. The average Bonchev–Trinajstić information content (AvgIpc) is 3.01. The molecule has 1 aromatic rings. The summed E-state index contributed by atoms with van der Waals surface area (Å²) < 4.78 is 0. The summed E-state index contributed by atoms with van der Waals surface area (Å²) in [5.74, 6) is 0.566.